The van der Waals surface area contributed by atoms with Gasteiger partial charge in [-0.3, -0.25) is 5.32 Å². The zero-order chi connectivity index (χ0) is 12.3. The summed E-state index contributed by atoms with van der Waals surface area (Å²) in [6.07, 6.45) is -0.918. The van der Waals surface area contributed by atoms with Crippen molar-refractivity contribution in [2.24, 2.45) is 0 Å². The minimum Gasteiger partial charge on any atom is -0.504 e. The Morgan fingerprint density at radius 3 is 2.50 bits per heavy atom. The summed E-state index contributed by atoms with van der Waals surface area (Å²) in [5.41, 5.74) is -1.95. The van der Waals surface area contributed by atoms with Gasteiger partial charge in [-0.05, 0) is 13.0 Å². The van der Waals surface area contributed by atoms with E-state index in [-0.39, 0.29) is 0 Å². The summed E-state index contributed by atoms with van der Waals surface area (Å²) in [5, 5.41) is 39.7. The summed E-state index contributed by atoms with van der Waals surface area (Å²) in [6, 6.07) is 0. The molecule has 0 aliphatic carbocycles. The first-order chi connectivity index (χ1) is 7.49. The molecule has 0 saturated heterocycles. The lowest BCUT2D eigenvalue weighted by molar-refractivity contribution is -0.169. The van der Waals surface area contributed by atoms with Crippen LogP contribution >= 0.6 is 0 Å². The third-order valence-corrected chi connectivity index (χ3v) is 2.30. The predicted octanol–water partition coefficient (Wildman–Crippen LogP) is -1.08. The minimum absolute atomic E-state index is 0.321. The van der Waals surface area contributed by atoms with Gasteiger partial charge in [-0.25, -0.2) is 4.79 Å². The van der Waals surface area contributed by atoms with Crippen molar-refractivity contribution >= 4 is 5.97 Å². The van der Waals surface area contributed by atoms with Gasteiger partial charge in [0.1, 0.15) is 6.10 Å². The van der Waals surface area contributed by atoms with Gasteiger partial charge in [0, 0.05) is 0 Å². The fourth-order valence-electron chi connectivity index (χ4n) is 1.42. The molecule has 0 amide bonds. The molecule has 0 aromatic heterocycles. The van der Waals surface area contributed by atoms with Gasteiger partial charge in [-0.2, -0.15) is 0 Å². The van der Waals surface area contributed by atoms with Gasteiger partial charge in [0.15, 0.2) is 0 Å². The highest BCUT2D eigenvalue weighted by Gasteiger charge is 2.53. The van der Waals surface area contributed by atoms with Crippen molar-refractivity contribution in [3.63, 3.8) is 0 Å². The number of carbonyl (C=O) groups excluding carboxylic acids is 1. The summed E-state index contributed by atoms with van der Waals surface area (Å²) in [5.74, 6) is -2.92. The summed E-state index contributed by atoms with van der Waals surface area (Å²) in [7, 11) is 0. The van der Waals surface area contributed by atoms with Crippen LogP contribution in [-0.4, -0.2) is 51.4 Å². The van der Waals surface area contributed by atoms with Gasteiger partial charge in [0.25, 0.3) is 5.72 Å². The number of cyclic esters (lactones) is 1. The van der Waals surface area contributed by atoms with Crippen LogP contribution in [0.1, 0.15) is 13.3 Å². The summed E-state index contributed by atoms with van der Waals surface area (Å²) >= 11 is 0. The minimum atomic E-state index is -1.95. The third kappa shape index (κ3) is 1.84. The highest BCUT2D eigenvalue weighted by molar-refractivity contribution is 5.89. The van der Waals surface area contributed by atoms with Crippen LogP contribution in [0, 0.1) is 0 Å². The second-order valence-electron chi connectivity index (χ2n) is 3.45. The van der Waals surface area contributed by atoms with E-state index in [0.717, 1.165) is 0 Å². The zero-order valence-electron chi connectivity index (χ0n) is 8.80. The normalized spacial score (nSPS) is 27.1. The van der Waals surface area contributed by atoms with Crippen molar-refractivity contribution in [2.75, 3.05) is 13.2 Å². The summed E-state index contributed by atoms with van der Waals surface area (Å²) in [4.78, 5) is 11.1. The Morgan fingerprint density at radius 2 is 2.12 bits per heavy atom. The number of carbonyl (C=O) groups is 1. The third-order valence-electron chi connectivity index (χ3n) is 2.30. The Hall–Kier alpha value is -1.31. The molecule has 0 aromatic rings. The van der Waals surface area contributed by atoms with Crippen LogP contribution in [-0.2, 0) is 9.53 Å². The van der Waals surface area contributed by atoms with Crippen LogP contribution in [0.15, 0.2) is 11.5 Å². The van der Waals surface area contributed by atoms with Crippen molar-refractivity contribution in [1.29, 1.82) is 0 Å². The Morgan fingerprint density at radius 1 is 1.50 bits per heavy atom. The summed E-state index contributed by atoms with van der Waals surface area (Å²) < 4.78 is 4.69. The van der Waals surface area contributed by atoms with E-state index in [1.807, 2.05) is 6.92 Å². The number of hydrogen-bond acceptors (Lipinski definition) is 7. The van der Waals surface area contributed by atoms with Crippen LogP contribution in [0.2, 0.25) is 0 Å². The van der Waals surface area contributed by atoms with E-state index in [1.54, 1.807) is 0 Å². The lowest BCUT2D eigenvalue weighted by Gasteiger charge is -2.32. The van der Waals surface area contributed by atoms with E-state index < -0.39 is 35.9 Å². The van der Waals surface area contributed by atoms with E-state index in [9.17, 15) is 15.0 Å². The quantitative estimate of drug-likeness (QED) is 0.383. The number of ether oxygens (including phenoxy) is 1. The molecule has 1 heterocycles. The molecule has 1 aliphatic heterocycles. The van der Waals surface area contributed by atoms with Gasteiger partial charge in [0.05, 0.1) is 6.61 Å². The van der Waals surface area contributed by atoms with Gasteiger partial charge in [-0.1, -0.05) is 6.92 Å². The van der Waals surface area contributed by atoms with Crippen molar-refractivity contribution in [1.82, 2.24) is 5.32 Å². The van der Waals surface area contributed by atoms with E-state index >= 15 is 0 Å². The molecule has 0 aromatic carbocycles. The van der Waals surface area contributed by atoms with Crippen LogP contribution < -0.4 is 5.32 Å². The Bertz CT molecular complexity index is 315. The van der Waals surface area contributed by atoms with Crippen LogP contribution in [0.25, 0.3) is 0 Å². The van der Waals surface area contributed by atoms with Crippen molar-refractivity contribution in [3.8, 4) is 0 Å². The smallest absolute Gasteiger partial charge is 0.379 e. The van der Waals surface area contributed by atoms with E-state index in [1.165, 1.54) is 0 Å². The summed E-state index contributed by atoms with van der Waals surface area (Å²) in [6.45, 7) is 1.41. The maximum Gasteiger partial charge on any atom is 0.379 e. The topological polar surface area (TPSA) is 119 Å². The largest absolute Gasteiger partial charge is 0.504 e. The van der Waals surface area contributed by atoms with E-state index in [2.05, 4.69) is 5.32 Å². The average molecular weight is 233 g/mol. The molecule has 5 N–H and O–H groups in total. The van der Waals surface area contributed by atoms with E-state index in [4.69, 9.17) is 14.9 Å². The Labute approximate surface area is 92.0 Å². The molecule has 0 saturated carbocycles. The zero-order valence-corrected chi connectivity index (χ0v) is 8.80. The molecular weight excluding hydrogens is 218 g/mol. The molecule has 1 rings (SSSR count). The van der Waals surface area contributed by atoms with Gasteiger partial charge >= 0.3 is 5.97 Å². The van der Waals surface area contributed by atoms with Crippen LogP contribution in [0.3, 0.4) is 0 Å². The van der Waals surface area contributed by atoms with Gasteiger partial charge in [0.2, 0.25) is 11.5 Å². The lowest BCUT2D eigenvalue weighted by atomic mass is 10.1. The first kappa shape index (κ1) is 12.8. The molecule has 2 atom stereocenters. The maximum atomic E-state index is 11.1. The predicted molar refractivity (Wildman–Crippen MR) is 52.5 cm³/mol. The number of hydrogen-bond donors (Lipinski definition) is 5. The van der Waals surface area contributed by atoms with Crippen LogP contribution in [0.5, 0.6) is 0 Å². The highest BCUT2D eigenvalue weighted by atomic mass is 16.6. The van der Waals surface area contributed by atoms with Gasteiger partial charge in [-0.15, -0.1) is 0 Å². The number of nitrogens with one attached hydrogen (secondary N) is 1. The number of rotatable bonds is 5. The Kier molecular flexibility index (Phi) is 3.74. The average Bonchev–Trinajstić information content (AvgIpc) is 2.51. The molecule has 7 heteroatoms. The first-order valence-corrected chi connectivity index (χ1v) is 4.89. The fraction of sp³-hybridized carbons (Fsp3) is 0.667. The number of esters is 1. The molecule has 0 fully saturated rings. The van der Waals surface area contributed by atoms with Crippen molar-refractivity contribution in [3.05, 3.63) is 11.5 Å². The molecule has 0 spiro atoms. The highest BCUT2D eigenvalue weighted by Crippen LogP contribution is 2.30. The second-order valence-corrected chi connectivity index (χ2v) is 3.45. The molecule has 0 bridgehead atoms. The first-order valence-electron chi connectivity index (χ1n) is 4.89. The molecule has 1 aliphatic rings. The maximum absolute atomic E-state index is 11.1. The van der Waals surface area contributed by atoms with E-state index in [0.29, 0.717) is 13.0 Å². The van der Waals surface area contributed by atoms with Gasteiger partial charge < -0.3 is 25.2 Å². The number of aliphatic hydroxyl groups is 4. The lowest BCUT2D eigenvalue weighted by Crippen LogP contribution is -2.58. The molecule has 16 heavy (non-hydrogen) atoms. The molecule has 0 unspecified atom stereocenters. The second kappa shape index (κ2) is 4.69. The standard InChI is InChI=1S/C9H15NO6/c1-2-3-10-9(5(12)4-11)7(14)6(13)8(15)16-9/h5,10-14H,2-4H2,1H3/t5-,9+/m0/s1. The SMILES string of the molecule is CCCN[C@]1([C@@H](O)CO)OC(=O)C(O)=C1O. The molecule has 0 radical (unpaired) electrons. The molecular formula is C9H15NO6. The van der Waals surface area contributed by atoms with Crippen molar-refractivity contribution < 1.29 is 30.0 Å². The molecule has 92 valence electrons. The number of aliphatic hydroxyl groups excluding tert-OH is 4. The fourth-order valence-corrected chi connectivity index (χ4v) is 1.42. The van der Waals surface area contributed by atoms with Crippen LogP contribution in [0.4, 0.5) is 0 Å². The Balaban J connectivity index is 3.02. The monoisotopic (exact) mass is 233 g/mol. The van der Waals surface area contributed by atoms with Crippen molar-refractivity contribution in [2.45, 2.75) is 25.2 Å². The molecule has 7 nitrogen and oxygen atoms in total.